The average molecular weight is 329 g/mol. The predicted molar refractivity (Wildman–Crippen MR) is 100 cm³/mol. The normalized spacial score (nSPS) is 12.0. The van der Waals surface area contributed by atoms with E-state index in [2.05, 4.69) is 40.6 Å². The van der Waals surface area contributed by atoms with Gasteiger partial charge < -0.3 is 5.32 Å². The molecule has 5 nitrogen and oxygen atoms in total. The van der Waals surface area contributed by atoms with E-state index in [0.717, 1.165) is 51.2 Å². The fourth-order valence-electron chi connectivity index (χ4n) is 2.44. The van der Waals surface area contributed by atoms with Crippen LogP contribution in [0.3, 0.4) is 0 Å². The first-order valence-electron chi connectivity index (χ1n) is 7.57. The predicted octanol–water partition coefficient (Wildman–Crippen LogP) is 4.07. The second-order valence-electron chi connectivity index (χ2n) is 5.25. The quantitative estimate of drug-likeness (QED) is 0.615. The number of allylic oxidation sites excluding steroid dienone is 2. The van der Waals surface area contributed by atoms with Crippen LogP contribution in [0.4, 0.5) is 5.13 Å². The molecule has 2 rings (SSSR count). The summed E-state index contributed by atoms with van der Waals surface area (Å²) in [6.07, 6.45) is 4.73. The van der Waals surface area contributed by atoms with Crippen LogP contribution in [0.1, 0.15) is 35.2 Å². The third kappa shape index (κ3) is 3.42. The standard InChI is InChI=1S/C17H23N5S/c1-7-9-19-17-20-10-14(23-17)13(8-2)16(18-5)15-11(3)21-22(6)12(15)4/h8,10H,2,5,7,9H2,1,3-4,6H3,(H,19,20)/b16-13+. The molecule has 0 aliphatic heterocycles. The number of nitrogens with zero attached hydrogens (tertiary/aromatic N) is 4. The summed E-state index contributed by atoms with van der Waals surface area (Å²) < 4.78 is 1.86. The highest BCUT2D eigenvalue weighted by atomic mass is 32.1. The summed E-state index contributed by atoms with van der Waals surface area (Å²) in [6, 6.07) is 0. The van der Waals surface area contributed by atoms with Crippen LogP contribution in [-0.4, -0.2) is 28.0 Å². The van der Waals surface area contributed by atoms with Crippen LogP contribution in [0.2, 0.25) is 0 Å². The Morgan fingerprint density at radius 3 is 2.74 bits per heavy atom. The second-order valence-corrected chi connectivity index (χ2v) is 6.28. The van der Waals surface area contributed by atoms with E-state index in [1.165, 1.54) is 0 Å². The fourth-order valence-corrected chi connectivity index (χ4v) is 3.32. The molecule has 0 saturated carbocycles. The van der Waals surface area contributed by atoms with Crippen LogP contribution >= 0.6 is 11.3 Å². The van der Waals surface area contributed by atoms with E-state index in [4.69, 9.17) is 0 Å². The van der Waals surface area contributed by atoms with Gasteiger partial charge in [-0.25, -0.2) is 4.98 Å². The molecule has 6 heteroatoms. The molecular formula is C17H23N5S. The maximum Gasteiger partial charge on any atom is 0.183 e. The van der Waals surface area contributed by atoms with Gasteiger partial charge in [-0.15, -0.1) is 0 Å². The lowest BCUT2D eigenvalue weighted by Gasteiger charge is -2.07. The van der Waals surface area contributed by atoms with Crippen molar-refractivity contribution in [1.82, 2.24) is 14.8 Å². The van der Waals surface area contributed by atoms with Crippen molar-refractivity contribution in [3.63, 3.8) is 0 Å². The number of anilines is 1. The van der Waals surface area contributed by atoms with Gasteiger partial charge in [0.1, 0.15) is 0 Å². The smallest absolute Gasteiger partial charge is 0.183 e. The maximum absolute atomic E-state index is 4.47. The zero-order valence-electron chi connectivity index (χ0n) is 14.2. The zero-order valence-corrected chi connectivity index (χ0v) is 15.0. The molecule has 1 N–H and O–H groups in total. The number of aryl methyl sites for hydroxylation is 2. The number of rotatable bonds is 7. The Morgan fingerprint density at radius 1 is 1.48 bits per heavy atom. The Bertz CT molecular complexity index is 751. The molecule has 0 aliphatic carbocycles. The Balaban J connectivity index is 2.54. The summed E-state index contributed by atoms with van der Waals surface area (Å²) in [5.74, 6) is 0. The van der Waals surface area contributed by atoms with Gasteiger partial charge in [-0.3, -0.25) is 9.67 Å². The van der Waals surface area contributed by atoms with E-state index in [1.54, 1.807) is 11.3 Å². The van der Waals surface area contributed by atoms with Crippen molar-refractivity contribution in [3.8, 4) is 0 Å². The van der Waals surface area contributed by atoms with Crippen LogP contribution < -0.4 is 5.32 Å². The van der Waals surface area contributed by atoms with Gasteiger partial charge in [0, 0.05) is 36.6 Å². The molecule has 0 atom stereocenters. The van der Waals surface area contributed by atoms with Gasteiger partial charge in [0.15, 0.2) is 5.13 Å². The van der Waals surface area contributed by atoms with Gasteiger partial charge in [-0.1, -0.05) is 30.9 Å². The molecule has 0 fully saturated rings. The summed E-state index contributed by atoms with van der Waals surface area (Å²) >= 11 is 1.60. The molecule has 0 saturated heterocycles. The third-order valence-corrected chi connectivity index (χ3v) is 4.65. The number of aliphatic imine (C=N–C) groups is 1. The van der Waals surface area contributed by atoms with Crippen molar-refractivity contribution in [2.45, 2.75) is 27.2 Å². The molecule has 0 unspecified atom stereocenters. The maximum atomic E-state index is 4.47. The lowest BCUT2D eigenvalue weighted by molar-refractivity contribution is 0.731. The molecule has 2 aromatic rings. The van der Waals surface area contributed by atoms with Crippen molar-refractivity contribution in [2.24, 2.45) is 12.0 Å². The SMILES string of the molecule is C=C/C(=C(\N=C)c1c(C)nn(C)c1C)c1cnc(NCCC)s1. The molecule has 23 heavy (non-hydrogen) atoms. The largest absolute Gasteiger partial charge is 0.362 e. The van der Waals surface area contributed by atoms with E-state index in [9.17, 15) is 0 Å². The first-order valence-corrected chi connectivity index (χ1v) is 8.39. The highest BCUT2D eigenvalue weighted by molar-refractivity contribution is 7.16. The Hall–Kier alpha value is -2.21. The monoisotopic (exact) mass is 329 g/mol. The van der Waals surface area contributed by atoms with Crippen molar-refractivity contribution in [3.05, 3.63) is 40.7 Å². The topological polar surface area (TPSA) is 55.1 Å². The van der Waals surface area contributed by atoms with E-state index >= 15 is 0 Å². The number of thiazole rings is 1. The summed E-state index contributed by atoms with van der Waals surface area (Å²) in [5, 5.41) is 8.68. The van der Waals surface area contributed by atoms with Crippen molar-refractivity contribution in [2.75, 3.05) is 11.9 Å². The Morgan fingerprint density at radius 2 is 2.22 bits per heavy atom. The third-order valence-electron chi connectivity index (χ3n) is 3.66. The average Bonchev–Trinajstić information content (AvgIpc) is 3.09. The van der Waals surface area contributed by atoms with Gasteiger partial charge in [-0.2, -0.15) is 5.10 Å². The van der Waals surface area contributed by atoms with Gasteiger partial charge in [0.25, 0.3) is 0 Å². The number of hydrogen-bond donors (Lipinski definition) is 1. The number of aromatic nitrogens is 3. The van der Waals surface area contributed by atoms with E-state index in [0.29, 0.717) is 0 Å². The number of hydrogen-bond acceptors (Lipinski definition) is 5. The summed E-state index contributed by atoms with van der Waals surface area (Å²) in [7, 11) is 1.93. The number of nitrogens with one attached hydrogen (secondary N) is 1. The van der Waals surface area contributed by atoms with Gasteiger partial charge in [0.2, 0.25) is 0 Å². The van der Waals surface area contributed by atoms with Crippen LogP contribution in [0, 0.1) is 13.8 Å². The molecule has 0 spiro atoms. The molecule has 2 aromatic heterocycles. The molecule has 0 bridgehead atoms. The minimum absolute atomic E-state index is 0.800. The van der Waals surface area contributed by atoms with Gasteiger partial charge in [-0.05, 0) is 27.0 Å². The summed E-state index contributed by atoms with van der Waals surface area (Å²) in [6.45, 7) is 14.8. The lowest BCUT2D eigenvalue weighted by Crippen LogP contribution is -1.97. The highest BCUT2D eigenvalue weighted by Gasteiger charge is 2.18. The minimum atomic E-state index is 0.800. The van der Waals surface area contributed by atoms with Crippen molar-refractivity contribution in [1.29, 1.82) is 0 Å². The minimum Gasteiger partial charge on any atom is -0.362 e. The van der Waals surface area contributed by atoms with Gasteiger partial charge >= 0.3 is 0 Å². The molecular weight excluding hydrogens is 306 g/mol. The highest BCUT2D eigenvalue weighted by Crippen LogP contribution is 2.35. The van der Waals surface area contributed by atoms with E-state index in [-0.39, 0.29) is 0 Å². The zero-order chi connectivity index (χ0) is 17.0. The Labute approximate surface area is 141 Å². The lowest BCUT2D eigenvalue weighted by atomic mass is 10.0. The molecule has 2 heterocycles. The molecule has 0 radical (unpaired) electrons. The van der Waals surface area contributed by atoms with Crippen molar-refractivity contribution < 1.29 is 0 Å². The van der Waals surface area contributed by atoms with E-state index < -0.39 is 0 Å². The molecule has 0 aliphatic rings. The van der Waals surface area contributed by atoms with Crippen molar-refractivity contribution >= 4 is 34.5 Å². The van der Waals surface area contributed by atoms with Crippen LogP contribution in [0.15, 0.2) is 23.8 Å². The summed E-state index contributed by atoms with van der Waals surface area (Å²) in [5.41, 5.74) is 4.72. The van der Waals surface area contributed by atoms with Crippen LogP contribution in [0.5, 0.6) is 0 Å². The van der Waals surface area contributed by atoms with Gasteiger partial charge in [0.05, 0.1) is 16.3 Å². The first kappa shape index (κ1) is 17.1. The molecule has 0 amide bonds. The Kier molecular flexibility index (Phi) is 5.50. The molecule has 122 valence electrons. The second kappa shape index (κ2) is 7.37. The van der Waals surface area contributed by atoms with Crippen LogP contribution in [-0.2, 0) is 7.05 Å². The first-order chi connectivity index (χ1) is 11.0. The fraction of sp³-hybridized carbons (Fsp3) is 0.353. The van der Waals surface area contributed by atoms with Crippen LogP contribution in [0.25, 0.3) is 11.3 Å². The molecule has 0 aromatic carbocycles. The summed E-state index contributed by atoms with van der Waals surface area (Å²) in [4.78, 5) is 9.72. The van der Waals surface area contributed by atoms with E-state index in [1.807, 2.05) is 37.8 Å².